The van der Waals surface area contributed by atoms with E-state index < -0.39 is 29.3 Å². The average Bonchev–Trinajstić information content (AvgIpc) is 3.15. The number of rotatable bonds is 5. The third-order valence-corrected chi connectivity index (χ3v) is 5.29. The van der Waals surface area contributed by atoms with Crippen LogP contribution >= 0.6 is 0 Å². The van der Waals surface area contributed by atoms with E-state index in [2.05, 4.69) is 0 Å². The van der Waals surface area contributed by atoms with Crippen molar-refractivity contribution < 1.29 is 28.2 Å². The summed E-state index contributed by atoms with van der Waals surface area (Å²) in [5.41, 5.74) is 0.602. The van der Waals surface area contributed by atoms with Gasteiger partial charge in [0.15, 0.2) is 0 Å². The highest BCUT2D eigenvalue weighted by molar-refractivity contribution is 6.31. The summed E-state index contributed by atoms with van der Waals surface area (Å²) in [6, 6.07) is 12.6. The first-order chi connectivity index (χ1) is 14.3. The van der Waals surface area contributed by atoms with E-state index in [1.807, 2.05) is 25.1 Å². The van der Waals surface area contributed by atoms with Gasteiger partial charge in [0, 0.05) is 5.56 Å². The second-order valence-electron chi connectivity index (χ2n) is 7.55. The van der Waals surface area contributed by atoms with Gasteiger partial charge in [-0.15, -0.1) is 0 Å². The zero-order valence-electron chi connectivity index (χ0n) is 16.5. The average molecular weight is 410 g/mol. The van der Waals surface area contributed by atoms with Crippen molar-refractivity contribution in [2.45, 2.75) is 24.4 Å². The number of hydrogen-bond donors (Lipinski definition) is 0. The first-order valence-corrected chi connectivity index (χ1v) is 9.42. The molecule has 2 aliphatic rings. The van der Waals surface area contributed by atoms with E-state index >= 15 is 0 Å². The Kier molecular flexibility index (Phi) is 4.80. The molecule has 0 bridgehead atoms. The van der Waals surface area contributed by atoms with Crippen molar-refractivity contribution in [3.05, 3.63) is 70.5 Å². The quantitative estimate of drug-likeness (QED) is 0.553. The van der Waals surface area contributed by atoms with Gasteiger partial charge in [0.05, 0.1) is 17.2 Å². The third kappa shape index (κ3) is 3.12. The summed E-state index contributed by atoms with van der Waals surface area (Å²) >= 11 is 0. The summed E-state index contributed by atoms with van der Waals surface area (Å²) in [4.78, 5) is 25.8. The molecule has 7 nitrogen and oxygen atoms in total. The molecule has 30 heavy (non-hydrogen) atoms. The number of esters is 2. The van der Waals surface area contributed by atoms with Gasteiger partial charge in [0.2, 0.25) is 0 Å². The highest BCUT2D eigenvalue weighted by atomic mass is 19.1. The molecule has 1 spiro atoms. The van der Waals surface area contributed by atoms with E-state index in [0.29, 0.717) is 29.5 Å². The van der Waals surface area contributed by atoms with Crippen LogP contribution in [-0.4, -0.2) is 37.5 Å². The molecule has 8 heteroatoms. The fraction of sp³-hybridized carbons (Fsp3) is 0.318. The molecular formula is C22H19FN2O5. The summed E-state index contributed by atoms with van der Waals surface area (Å²) in [6.07, 6.45) is 1.12. The molecule has 1 atom stereocenters. The second-order valence-corrected chi connectivity index (χ2v) is 7.55. The van der Waals surface area contributed by atoms with E-state index in [0.717, 1.165) is 6.54 Å². The van der Waals surface area contributed by atoms with Crippen molar-refractivity contribution >= 4 is 11.9 Å². The number of benzene rings is 2. The fourth-order valence-corrected chi connectivity index (χ4v) is 3.97. The zero-order chi connectivity index (χ0) is 21.5. The van der Waals surface area contributed by atoms with Crippen molar-refractivity contribution in [3.63, 3.8) is 0 Å². The van der Waals surface area contributed by atoms with Gasteiger partial charge in [-0.1, -0.05) is 18.2 Å². The van der Waals surface area contributed by atoms with Crippen molar-refractivity contribution in [1.82, 2.24) is 4.90 Å². The number of carbonyl (C=O) groups is 2. The Bertz CT molecular complexity index is 1040. The Labute approximate surface area is 172 Å². The van der Waals surface area contributed by atoms with Gasteiger partial charge >= 0.3 is 17.9 Å². The Morgan fingerprint density at radius 3 is 2.30 bits per heavy atom. The molecule has 0 saturated carbocycles. The van der Waals surface area contributed by atoms with E-state index in [1.165, 1.54) is 18.2 Å². The minimum Gasteiger partial charge on any atom is -0.385 e. The number of nitrogens with zero attached hydrogens (tertiary/aromatic N) is 2. The molecule has 0 aromatic heterocycles. The highest BCUT2D eigenvalue weighted by Gasteiger charge is 2.64. The van der Waals surface area contributed by atoms with Crippen LogP contribution in [0.4, 0.5) is 4.39 Å². The smallest absolute Gasteiger partial charge is 0.385 e. The van der Waals surface area contributed by atoms with Gasteiger partial charge in [-0.25, -0.2) is 14.0 Å². The molecule has 0 unspecified atom stereocenters. The molecule has 2 aromatic carbocycles. The lowest BCUT2D eigenvalue weighted by atomic mass is 9.81. The normalized spacial score (nSPS) is 21.4. The van der Waals surface area contributed by atoms with Gasteiger partial charge in [-0.05, 0) is 63.3 Å². The molecule has 0 N–H and O–H groups in total. The van der Waals surface area contributed by atoms with Gasteiger partial charge in [-0.2, -0.15) is 5.26 Å². The Balaban J connectivity index is 1.90. The van der Waals surface area contributed by atoms with E-state index in [1.54, 1.807) is 24.3 Å². The summed E-state index contributed by atoms with van der Waals surface area (Å²) < 4.78 is 30.4. The maximum Gasteiger partial charge on any atom is 0.422 e. The minimum atomic E-state index is -2.08. The largest absolute Gasteiger partial charge is 0.422 e. The van der Waals surface area contributed by atoms with Gasteiger partial charge < -0.3 is 14.4 Å². The summed E-state index contributed by atoms with van der Waals surface area (Å²) in [7, 11) is 3.88. The van der Waals surface area contributed by atoms with Crippen molar-refractivity contribution in [3.8, 4) is 6.07 Å². The fourth-order valence-electron chi connectivity index (χ4n) is 3.97. The number of nitriles is 1. The number of hydrogen-bond acceptors (Lipinski definition) is 7. The number of fused-ring (bicyclic) bond motifs is 2. The number of halogens is 1. The lowest BCUT2D eigenvalue weighted by molar-refractivity contribution is -0.349. The predicted octanol–water partition coefficient (Wildman–Crippen LogP) is 2.52. The zero-order valence-corrected chi connectivity index (χ0v) is 16.5. The van der Waals surface area contributed by atoms with Crippen LogP contribution < -0.4 is 0 Å². The van der Waals surface area contributed by atoms with Crippen molar-refractivity contribution in [1.29, 1.82) is 5.26 Å². The maximum absolute atomic E-state index is 13.6. The van der Waals surface area contributed by atoms with E-state index in [-0.39, 0.29) is 5.56 Å². The SMILES string of the molecule is CN(C)CCC[C@@]1(c2ccc(F)cc2)OC2(OC(=O)C(=O)O2)c2cc(C#N)ccc21. The topological polar surface area (TPSA) is 88.9 Å². The molecule has 2 aliphatic heterocycles. The predicted molar refractivity (Wildman–Crippen MR) is 101 cm³/mol. The van der Waals surface area contributed by atoms with Gasteiger partial charge in [0.25, 0.3) is 0 Å². The molecular weight excluding hydrogens is 391 g/mol. The van der Waals surface area contributed by atoms with Gasteiger partial charge in [0.1, 0.15) is 11.4 Å². The van der Waals surface area contributed by atoms with Crippen molar-refractivity contribution in [2.24, 2.45) is 0 Å². The van der Waals surface area contributed by atoms with Crippen LogP contribution in [0, 0.1) is 17.1 Å². The van der Waals surface area contributed by atoms with Crippen LogP contribution in [0.5, 0.6) is 0 Å². The molecule has 0 amide bonds. The van der Waals surface area contributed by atoms with Gasteiger partial charge in [-0.3, -0.25) is 4.74 Å². The molecule has 2 aromatic rings. The molecule has 154 valence electrons. The van der Waals surface area contributed by atoms with Crippen LogP contribution in [0.3, 0.4) is 0 Å². The molecule has 2 heterocycles. The van der Waals surface area contributed by atoms with Crippen LogP contribution in [0.25, 0.3) is 0 Å². The molecule has 1 saturated heterocycles. The van der Waals surface area contributed by atoms with Crippen LogP contribution in [0.2, 0.25) is 0 Å². The Morgan fingerprint density at radius 1 is 1.03 bits per heavy atom. The standard InChI is InChI=1S/C22H19FN2O5/c1-25(2)11-3-10-21(15-5-7-16(23)8-6-15)17-9-4-14(13-24)12-18(17)22(30-21)28-19(26)20(27)29-22/h4-9,12H,3,10-11H2,1-2H3/t21-/m0/s1. The first-order valence-electron chi connectivity index (χ1n) is 9.42. The van der Waals surface area contributed by atoms with Crippen LogP contribution in [-0.2, 0) is 35.4 Å². The molecule has 4 rings (SSSR count). The van der Waals surface area contributed by atoms with E-state index in [4.69, 9.17) is 14.2 Å². The third-order valence-electron chi connectivity index (χ3n) is 5.29. The highest BCUT2D eigenvalue weighted by Crippen LogP contribution is 2.55. The summed E-state index contributed by atoms with van der Waals surface area (Å²) in [5.74, 6) is -4.84. The Hall–Kier alpha value is -3.28. The number of ether oxygens (including phenoxy) is 3. The lowest BCUT2D eigenvalue weighted by Gasteiger charge is -2.32. The second kappa shape index (κ2) is 7.20. The molecule has 1 fully saturated rings. The summed E-state index contributed by atoms with van der Waals surface area (Å²) in [6.45, 7) is 0.741. The summed E-state index contributed by atoms with van der Waals surface area (Å²) in [5, 5.41) is 9.33. The maximum atomic E-state index is 13.6. The molecule has 0 aliphatic carbocycles. The minimum absolute atomic E-state index is 0.273. The molecule has 0 radical (unpaired) electrons. The Morgan fingerprint density at radius 2 is 1.70 bits per heavy atom. The van der Waals surface area contributed by atoms with Crippen LogP contribution in [0.15, 0.2) is 42.5 Å². The number of carbonyl (C=O) groups excluding carboxylic acids is 2. The lowest BCUT2D eigenvalue weighted by Crippen LogP contribution is -2.35. The first kappa shape index (κ1) is 20.0. The van der Waals surface area contributed by atoms with E-state index in [9.17, 15) is 19.2 Å². The van der Waals surface area contributed by atoms with Crippen LogP contribution in [0.1, 0.15) is 35.1 Å². The monoisotopic (exact) mass is 410 g/mol. The van der Waals surface area contributed by atoms with Crippen molar-refractivity contribution in [2.75, 3.05) is 20.6 Å².